The summed E-state index contributed by atoms with van der Waals surface area (Å²) in [5.41, 5.74) is -0.192. The Morgan fingerprint density at radius 2 is 1.55 bits per heavy atom. The molecule has 3 saturated carbocycles. The van der Waals surface area contributed by atoms with Crippen molar-refractivity contribution in [2.45, 2.75) is 167 Å². The Labute approximate surface area is 313 Å². The van der Waals surface area contributed by atoms with E-state index in [0.29, 0.717) is 31.2 Å². The van der Waals surface area contributed by atoms with Crippen molar-refractivity contribution < 1.29 is 33.6 Å². The molecule has 13 nitrogen and oxygen atoms in total. The number of likely N-dealkylation sites (tertiary alicyclic amines) is 1. The summed E-state index contributed by atoms with van der Waals surface area (Å²) in [5.74, 6) is -3.33. The van der Waals surface area contributed by atoms with Gasteiger partial charge in [0.15, 0.2) is 5.78 Å². The first-order valence-corrected chi connectivity index (χ1v) is 20.0. The molecule has 0 bridgehead atoms. The number of hydrogen-bond donors (Lipinski definition) is 5. The van der Waals surface area contributed by atoms with Gasteiger partial charge in [0, 0.05) is 30.3 Å². The van der Waals surface area contributed by atoms with E-state index in [-0.39, 0.29) is 41.3 Å². The summed E-state index contributed by atoms with van der Waals surface area (Å²) in [4.78, 5) is 99.5. The van der Waals surface area contributed by atoms with Crippen LogP contribution in [0.3, 0.4) is 0 Å². The van der Waals surface area contributed by atoms with Crippen LogP contribution < -0.4 is 21.3 Å². The Bertz CT molecular complexity index is 1540. The van der Waals surface area contributed by atoms with Gasteiger partial charge in [-0.25, -0.2) is 0 Å². The van der Waals surface area contributed by atoms with E-state index in [1.54, 1.807) is 11.8 Å². The zero-order chi connectivity index (χ0) is 38.4. The summed E-state index contributed by atoms with van der Waals surface area (Å²) in [5, 5.41) is 11.6. The predicted octanol–water partition coefficient (Wildman–Crippen LogP) is 4.11. The fourth-order valence-corrected chi connectivity index (χ4v) is 8.48. The van der Waals surface area contributed by atoms with E-state index in [4.69, 9.17) is 0 Å². The molecule has 6 atom stereocenters. The molecule has 292 valence electrons. The maximum atomic E-state index is 14.9. The van der Waals surface area contributed by atoms with E-state index >= 15 is 0 Å². The molecule has 1 saturated heterocycles. The Morgan fingerprint density at radius 1 is 0.868 bits per heavy atom. The molecule has 5 N–H and O–H groups in total. The number of nitrogens with zero attached hydrogens (tertiary/aromatic N) is 1. The normalized spacial score (nSPS) is 23.6. The van der Waals surface area contributed by atoms with E-state index in [2.05, 4.69) is 26.3 Å². The van der Waals surface area contributed by atoms with Crippen molar-refractivity contribution in [3.05, 3.63) is 23.5 Å². The van der Waals surface area contributed by atoms with Crippen molar-refractivity contribution >= 4 is 41.1 Å². The monoisotopic (exact) mass is 736 g/mol. The van der Waals surface area contributed by atoms with Crippen LogP contribution in [-0.4, -0.2) is 87.2 Å². The number of ketones is 2. The van der Waals surface area contributed by atoms with Gasteiger partial charge in [0.1, 0.15) is 23.8 Å². The minimum atomic E-state index is -1.02. The van der Waals surface area contributed by atoms with Gasteiger partial charge < -0.3 is 31.2 Å². The number of H-pyrrole nitrogens is 1. The first kappa shape index (κ1) is 40.2. The summed E-state index contributed by atoms with van der Waals surface area (Å²) in [6, 6.07) is -2.51. The second kappa shape index (κ2) is 17.4. The number of aromatic nitrogens is 1. The molecule has 0 spiro atoms. The summed E-state index contributed by atoms with van der Waals surface area (Å²) in [6.07, 6.45) is 12.6. The average Bonchev–Trinajstić information content (AvgIpc) is 3.65. The molecule has 4 fully saturated rings. The Hall–Kier alpha value is -4.03. The molecule has 1 aromatic rings. The minimum Gasteiger partial charge on any atom is -0.356 e. The molecule has 0 unspecified atom stereocenters. The molecule has 1 aromatic heterocycles. The quantitative estimate of drug-likeness (QED) is 0.132. The van der Waals surface area contributed by atoms with Gasteiger partial charge in [0.05, 0.1) is 6.04 Å². The lowest BCUT2D eigenvalue weighted by Gasteiger charge is -2.40. The van der Waals surface area contributed by atoms with Crippen LogP contribution in [0.4, 0.5) is 0 Å². The largest absolute Gasteiger partial charge is 0.356 e. The van der Waals surface area contributed by atoms with E-state index < -0.39 is 59.0 Å². The van der Waals surface area contributed by atoms with Gasteiger partial charge in [-0.2, -0.15) is 0 Å². The van der Waals surface area contributed by atoms with Gasteiger partial charge in [0.2, 0.25) is 23.5 Å². The molecule has 1 aliphatic heterocycles. The van der Waals surface area contributed by atoms with Gasteiger partial charge in [-0.15, -0.1) is 0 Å². The molecule has 13 heteroatoms. The summed E-state index contributed by atoms with van der Waals surface area (Å²) in [7, 11) is 0. The van der Waals surface area contributed by atoms with Crippen LogP contribution in [-0.2, 0) is 24.0 Å². The number of Topliss-reactive ketones (excluding diaryl/α,β-unsaturated/α-hetero) is 2. The first-order chi connectivity index (χ1) is 25.2. The van der Waals surface area contributed by atoms with Crippen molar-refractivity contribution in [2.75, 3.05) is 0 Å². The maximum Gasteiger partial charge on any atom is 0.289 e. The lowest BCUT2D eigenvalue weighted by Crippen LogP contribution is -2.63. The highest BCUT2D eigenvalue weighted by Gasteiger charge is 2.51. The van der Waals surface area contributed by atoms with Crippen molar-refractivity contribution in [2.24, 2.45) is 17.3 Å². The molecular formula is C40H60N6O7. The smallest absolute Gasteiger partial charge is 0.289 e. The van der Waals surface area contributed by atoms with Crippen LogP contribution in [0.15, 0.2) is 12.3 Å². The zero-order valence-corrected chi connectivity index (χ0v) is 32.2. The summed E-state index contributed by atoms with van der Waals surface area (Å²) < 4.78 is 0. The number of rotatable bonds is 15. The van der Waals surface area contributed by atoms with Gasteiger partial charge in [-0.1, -0.05) is 73.1 Å². The fourth-order valence-electron chi connectivity index (χ4n) is 8.48. The Morgan fingerprint density at radius 3 is 2.19 bits per heavy atom. The predicted molar refractivity (Wildman–Crippen MR) is 199 cm³/mol. The third-order valence-corrected chi connectivity index (χ3v) is 11.7. The standard InChI is InChI=1S/C40H60N6O7/c1-6-13-27(33(48)38(52)42-26-18-19-26)43-36(50)30-21-24-16-11-12-17-29(24)46(30)39(53)34(40(3,4)5)45-37(51)32(23-14-9-8-10-15-23)44-35(49)28-20-25(22-41-28)31(47)7-2/h20,22-24,26-27,29-30,32,34,41H,6-19,21H2,1-5H3,(H,42,52)(H,43,50)(H,44,49)(H,45,51)/t24-,27-,29-,30-,32-,34+/m0/s1. The molecule has 0 aromatic carbocycles. The van der Waals surface area contributed by atoms with Gasteiger partial charge in [-0.3, -0.25) is 33.6 Å². The average molecular weight is 737 g/mol. The van der Waals surface area contributed by atoms with E-state index in [1.165, 1.54) is 12.3 Å². The molecule has 5 rings (SSSR count). The van der Waals surface area contributed by atoms with Crippen LogP contribution in [0.2, 0.25) is 0 Å². The Kier molecular flexibility index (Phi) is 13.2. The lowest BCUT2D eigenvalue weighted by molar-refractivity contribution is -0.147. The molecule has 3 aliphatic carbocycles. The SMILES string of the molecule is CCC[C@H](NC(=O)[C@@H]1C[C@@H]2CCCC[C@@H]2N1C(=O)[C@@H](NC(=O)[C@@H](NC(=O)c1cc(C(=O)CC)c[nH]1)C1CCCCC1)C(C)(C)C)C(=O)C(=O)NC1CC1. The number of nitrogens with one attached hydrogen (secondary N) is 5. The highest BCUT2D eigenvalue weighted by Crippen LogP contribution is 2.41. The van der Waals surface area contributed by atoms with E-state index in [1.807, 2.05) is 27.7 Å². The number of carbonyl (C=O) groups is 7. The van der Waals surface area contributed by atoms with E-state index in [9.17, 15) is 33.6 Å². The molecule has 2 heterocycles. The minimum absolute atomic E-state index is 0.00358. The van der Waals surface area contributed by atoms with Gasteiger partial charge in [0.25, 0.3) is 11.8 Å². The van der Waals surface area contributed by atoms with Crippen molar-refractivity contribution in [1.82, 2.24) is 31.2 Å². The van der Waals surface area contributed by atoms with Gasteiger partial charge >= 0.3 is 0 Å². The van der Waals surface area contributed by atoms with Crippen LogP contribution in [0.5, 0.6) is 0 Å². The molecular weight excluding hydrogens is 676 g/mol. The van der Waals surface area contributed by atoms with Crippen LogP contribution in [0, 0.1) is 17.3 Å². The number of hydrogen-bond acceptors (Lipinski definition) is 7. The molecule has 4 aliphatic rings. The van der Waals surface area contributed by atoms with Crippen LogP contribution in [0.1, 0.15) is 152 Å². The maximum absolute atomic E-state index is 14.9. The zero-order valence-electron chi connectivity index (χ0n) is 32.2. The van der Waals surface area contributed by atoms with Crippen molar-refractivity contribution in [1.29, 1.82) is 0 Å². The number of fused-ring (bicyclic) bond motifs is 1. The highest BCUT2D eigenvalue weighted by molar-refractivity contribution is 6.38. The second-order valence-corrected chi connectivity index (χ2v) is 16.8. The van der Waals surface area contributed by atoms with Crippen LogP contribution >= 0.6 is 0 Å². The summed E-state index contributed by atoms with van der Waals surface area (Å²) >= 11 is 0. The Balaban J connectivity index is 1.38. The number of carbonyl (C=O) groups excluding carboxylic acids is 7. The molecule has 53 heavy (non-hydrogen) atoms. The van der Waals surface area contributed by atoms with Crippen molar-refractivity contribution in [3.63, 3.8) is 0 Å². The van der Waals surface area contributed by atoms with Crippen molar-refractivity contribution in [3.8, 4) is 0 Å². The lowest BCUT2D eigenvalue weighted by atomic mass is 9.81. The van der Waals surface area contributed by atoms with Gasteiger partial charge in [-0.05, 0) is 74.7 Å². The number of amides is 5. The number of aromatic amines is 1. The van der Waals surface area contributed by atoms with E-state index in [0.717, 1.165) is 70.6 Å². The topological polar surface area (TPSA) is 187 Å². The third kappa shape index (κ3) is 9.75. The molecule has 5 amide bonds. The first-order valence-electron chi connectivity index (χ1n) is 20.0. The third-order valence-electron chi connectivity index (χ3n) is 11.7. The fraction of sp³-hybridized carbons (Fsp3) is 0.725. The second-order valence-electron chi connectivity index (χ2n) is 16.8. The molecule has 0 radical (unpaired) electrons. The highest BCUT2D eigenvalue weighted by atomic mass is 16.2. The summed E-state index contributed by atoms with van der Waals surface area (Å²) in [6.45, 7) is 9.23. The van der Waals surface area contributed by atoms with Crippen LogP contribution in [0.25, 0.3) is 0 Å².